The zero-order valence-electron chi connectivity index (χ0n) is 7.98. The van der Waals surface area contributed by atoms with Gasteiger partial charge in [0.15, 0.2) is 5.01 Å². The standard InChI is InChI=1S/C10H8N2O2S/c1-11-8(13)9-12-7-5-3-2-4-6(7)10(14)15-9/h2-5H,1H3,(H,11,13). The molecule has 2 rings (SSSR count). The Balaban J connectivity index is 2.73. The topological polar surface area (TPSA) is 59.1 Å². The van der Waals surface area contributed by atoms with E-state index in [0.717, 1.165) is 11.3 Å². The van der Waals surface area contributed by atoms with Crippen molar-refractivity contribution in [1.29, 1.82) is 0 Å². The maximum Gasteiger partial charge on any atom is 0.280 e. The van der Waals surface area contributed by atoms with Gasteiger partial charge >= 0.3 is 0 Å². The van der Waals surface area contributed by atoms with Crippen molar-refractivity contribution in [2.24, 2.45) is 0 Å². The summed E-state index contributed by atoms with van der Waals surface area (Å²) in [4.78, 5) is 27.0. The van der Waals surface area contributed by atoms with Crippen molar-refractivity contribution in [2.45, 2.75) is 0 Å². The van der Waals surface area contributed by atoms with Crippen LogP contribution >= 0.6 is 11.3 Å². The van der Waals surface area contributed by atoms with Gasteiger partial charge in [-0.3, -0.25) is 9.59 Å². The number of hydrogen-bond donors (Lipinski definition) is 1. The third-order valence-corrected chi connectivity index (χ3v) is 2.83. The highest BCUT2D eigenvalue weighted by Gasteiger charge is 2.09. The molecule has 0 spiro atoms. The Labute approximate surface area is 89.6 Å². The quantitative estimate of drug-likeness (QED) is 0.780. The lowest BCUT2D eigenvalue weighted by atomic mass is 10.2. The molecule has 0 aliphatic rings. The molecule has 5 heteroatoms. The number of rotatable bonds is 1. The molecule has 76 valence electrons. The van der Waals surface area contributed by atoms with Gasteiger partial charge in [-0.15, -0.1) is 0 Å². The lowest BCUT2D eigenvalue weighted by Crippen LogP contribution is -2.19. The van der Waals surface area contributed by atoms with Gasteiger partial charge in [0.25, 0.3) is 5.91 Å². The van der Waals surface area contributed by atoms with Crippen LogP contribution in [0.5, 0.6) is 0 Å². The molecule has 2 aromatic rings. The Bertz CT molecular complexity index is 577. The van der Waals surface area contributed by atoms with E-state index in [1.54, 1.807) is 24.3 Å². The minimum Gasteiger partial charge on any atom is -0.353 e. The summed E-state index contributed by atoms with van der Waals surface area (Å²) in [5.41, 5.74) is 0.555. The minimum absolute atomic E-state index is 0.140. The number of benzene rings is 1. The van der Waals surface area contributed by atoms with Gasteiger partial charge in [-0.1, -0.05) is 23.5 Å². The number of para-hydroxylation sites is 1. The van der Waals surface area contributed by atoms with E-state index in [0.29, 0.717) is 10.9 Å². The van der Waals surface area contributed by atoms with Crippen molar-refractivity contribution in [1.82, 2.24) is 10.3 Å². The third-order valence-electron chi connectivity index (χ3n) is 1.96. The molecule has 0 atom stereocenters. The fraction of sp³-hybridized carbons (Fsp3) is 0.100. The molecule has 0 radical (unpaired) electrons. The van der Waals surface area contributed by atoms with Crippen LogP contribution in [-0.4, -0.2) is 17.9 Å². The fourth-order valence-corrected chi connectivity index (χ4v) is 2.02. The van der Waals surface area contributed by atoms with Crippen LogP contribution in [-0.2, 0) is 0 Å². The first-order valence-electron chi connectivity index (χ1n) is 4.34. The molecule has 0 saturated carbocycles. The number of hydrogen-bond acceptors (Lipinski definition) is 4. The summed E-state index contributed by atoms with van der Waals surface area (Å²) in [7, 11) is 1.51. The zero-order valence-corrected chi connectivity index (χ0v) is 8.80. The average molecular weight is 220 g/mol. The normalized spacial score (nSPS) is 10.2. The molecule has 0 unspecified atom stereocenters. The van der Waals surface area contributed by atoms with Gasteiger partial charge in [-0.25, -0.2) is 4.98 Å². The number of aromatic nitrogens is 1. The molecular formula is C10H8N2O2S. The molecule has 1 aromatic heterocycles. The Morgan fingerprint density at radius 3 is 2.87 bits per heavy atom. The summed E-state index contributed by atoms with van der Waals surface area (Å²) >= 11 is 0.861. The predicted octanol–water partition coefficient (Wildman–Crippen LogP) is 1.02. The first-order valence-corrected chi connectivity index (χ1v) is 5.16. The molecule has 15 heavy (non-hydrogen) atoms. The first kappa shape index (κ1) is 9.79. The number of nitrogens with zero attached hydrogens (tertiary/aromatic N) is 1. The lowest BCUT2D eigenvalue weighted by Gasteiger charge is -1.99. The van der Waals surface area contributed by atoms with Crippen LogP contribution in [0.1, 0.15) is 9.80 Å². The number of amides is 1. The largest absolute Gasteiger partial charge is 0.353 e. The van der Waals surface area contributed by atoms with Gasteiger partial charge in [0.1, 0.15) is 0 Å². The van der Waals surface area contributed by atoms with Gasteiger partial charge in [0.05, 0.1) is 10.9 Å². The highest BCUT2D eigenvalue weighted by Crippen LogP contribution is 2.10. The molecular weight excluding hydrogens is 212 g/mol. The van der Waals surface area contributed by atoms with Gasteiger partial charge in [0.2, 0.25) is 4.74 Å². The summed E-state index contributed by atoms with van der Waals surface area (Å²) in [6.45, 7) is 0. The summed E-state index contributed by atoms with van der Waals surface area (Å²) in [5.74, 6) is -0.331. The zero-order chi connectivity index (χ0) is 10.8. The Morgan fingerprint density at radius 1 is 1.40 bits per heavy atom. The van der Waals surface area contributed by atoms with Crippen LogP contribution in [0.4, 0.5) is 0 Å². The number of carbonyl (C=O) groups is 1. The molecule has 1 amide bonds. The summed E-state index contributed by atoms with van der Waals surface area (Å²) in [5, 5.41) is 3.19. The number of fused-ring (bicyclic) bond motifs is 1. The smallest absolute Gasteiger partial charge is 0.280 e. The molecule has 1 aromatic carbocycles. The fourth-order valence-electron chi connectivity index (χ4n) is 1.22. The number of nitrogens with one attached hydrogen (secondary N) is 1. The first-order chi connectivity index (χ1) is 7.22. The monoisotopic (exact) mass is 220 g/mol. The predicted molar refractivity (Wildman–Crippen MR) is 59.3 cm³/mol. The van der Waals surface area contributed by atoms with Crippen molar-refractivity contribution in [3.8, 4) is 0 Å². The minimum atomic E-state index is -0.331. The molecule has 4 nitrogen and oxygen atoms in total. The second kappa shape index (κ2) is 3.78. The van der Waals surface area contributed by atoms with E-state index in [4.69, 9.17) is 0 Å². The van der Waals surface area contributed by atoms with Crippen LogP contribution in [0.2, 0.25) is 0 Å². The third kappa shape index (κ3) is 1.73. The molecule has 1 N–H and O–H groups in total. The van der Waals surface area contributed by atoms with E-state index < -0.39 is 0 Å². The van der Waals surface area contributed by atoms with Crippen LogP contribution in [0.25, 0.3) is 10.9 Å². The van der Waals surface area contributed by atoms with E-state index in [1.807, 2.05) is 0 Å². The van der Waals surface area contributed by atoms with Crippen LogP contribution in [0, 0.1) is 0 Å². The lowest BCUT2D eigenvalue weighted by molar-refractivity contribution is 0.0962. The van der Waals surface area contributed by atoms with Gasteiger partial charge in [-0.05, 0) is 12.1 Å². The van der Waals surface area contributed by atoms with E-state index in [9.17, 15) is 9.59 Å². The van der Waals surface area contributed by atoms with Crippen LogP contribution in [0.3, 0.4) is 0 Å². The Kier molecular flexibility index (Phi) is 2.47. The molecule has 1 heterocycles. The van der Waals surface area contributed by atoms with Crippen molar-refractivity contribution < 1.29 is 4.79 Å². The highest BCUT2D eigenvalue weighted by atomic mass is 32.1. The second-order valence-electron chi connectivity index (χ2n) is 2.90. The maximum absolute atomic E-state index is 11.6. The van der Waals surface area contributed by atoms with Crippen LogP contribution in [0.15, 0.2) is 29.1 Å². The van der Waals surface area contributed by atoms with Crippen LogP contribution < -0.4 is 10.1 Å². The Morgan fingerprint density at radius 2 is 2.13 bits per heavy atom. The number of carbonyl (C=O) groups excluding carboxylic acids is 1. The second-order valence-corrected chi connectivity index (χ2v) is 3.86. The van der Waals surface area contributed by atoms with Crippen molar-refractivity contribution in [3.05, 3.63) is 38.8 Å². The summed E-state index contributed by atoms with van der Waals surface area (Å²) in [6, 6.07) is 6.98. The van der Waals surface area contributed by atoms with Gasteiger partial charge in [-0.2, -0.15) is 0 Å². The van der Waals surface area contributed by atoms with E-state index in [2.05, 4.69) is 10.3 Å². The van der Waals surface area contributed by atoms with E-state index in [-0.39, 0.29) is 15.7 Å². The molecule has 0 fully saturated rings. The van der Waals surface area contributed by atoms with Crippen molar-refractivity contribution >= 4 is 28.1 Å². The molecule has 0 aliphatic heterocycles. The highest BCUT2D eigenvalue weighted by molar-refractivity contribution is 7.11. The maximum atomic E-state index is 11.6. The molecule has 0 aliphatic carbocycles. The molecule has 0 bridgehead atoms. The van der Waals surface area contributed by atoms with Crippen molar-refractivity contribution in [3.63, 3.8) is 0 Å². The van der Waals surface area contributed by atoms with Gasteiger partial charge in [0, 0.05) is 7.05 Å². The molecule has 0 saturated heterocycles. The summed E-state index contributed by atoms with van der Waals surface area (Å²) in [6.07, 6.45) is 0. The summed E-state index contributed by atoms with van der Waals surface area (Å²) < 4.78 is -0.140. The van der Waals surface area contributed by atoms with Crippen molar-refractivity contribution in [2.75, 3.05) is 7.05 Å². The average Bonchev–Trinajstić information content (AvgIpc) is 2.28. The Hall–Kier alpha value is -1.75. The van der Waals surface area contributed by atoms with E-state index in [1.165, 1.54) is 7.05 Å². The van der Waals surface area contributed by atoms with E-state index >= 15 is 0 Å². The van der Waals surface area contributed by atoms with Gasteiger partial charge < -0.3 is 5.32 Å². The SMILES string of the molecule is CNC(=O)c1nc2ccccc2c(=O)s1.